The van der Waals surface area contributed by atoms with Gasteiger partial charge in [0.1, 0.15) is 0 Å². The fourth-order valence-electron chi connectivity index (χ4n) is 2.30. The van der Waals surface area contributed by atoms with Gasteiger partial charge < -0.3 is 15.4 Å². The van der Waals surface area contributed by atoms with E-state index < -0.39 is 0 Å². The number of nitrogens with one attached hydrogen (secondary N) is 2. The van der Waals surface area contributed by atoms with Crippen molar-refractivity contribution in [1.29, 1.82) is 0 Å². The number of benzene rings is 1. The van der Waals surface area contributed by atoms with E-state index in [-0.39, 0.29) is 5.91 Å². The quantitative estimate of drug-likeness (QED) is 0.844. The van der Waals surface area contributed by atoms with Crippen LogP contribution in [0.5, 0.6) is 5.75 Å². The molecule has 0 aliphatic carbocycles. The Labute approximate surface area is 132 Å². The third kappa shape index (κ3) is 4.11. The first-order chi connectivity index (χ1) is 9.60. The van der Waals surface area contributed by atoms with Gasteiger partial charge in [0, 0.05) is 11.4 Å². The van der Waals surface area contributed by atoms with E-state index >= 15 is 0 Å². The van der Waals surface area contributed by atoms with Crippen LogP contribution < -0.4 is 15.4 Å². The molecule has 1 fully saturated rings. The van der Waals surface area contributed by atoms with Gasteiger partial charge in [0.15, 0.2) is 5.75 Å². The average molecular weight is 362 g/mol. The van der Waals surface area contributed by atoms with E-state index in [1.54, 1.807) is 12.1 Å². The van der Waals surface area contributed by atoms with Gasteiger partial charge in [-0.05, 0) is 60.4 Å². The Morgan fingerprint density at radius 1 is 1.60 bits per heavy atom. The minimum atomic E-state index is -0.00572. The molecule has 20 heavy (non-hydrogen) atoms. The van der Waals surface area contributed by atoms with E-state index in [1.165, 1.54) is 0 Å². The van der Waals surface area contributed by atoms with Crippen LogP contribution >= 0.6 is 27.5 Å². The van der Waals surface area contributed by atoms with E-state index in [2.05, 4.69) is 26.6 Å². The number of carbonyl (C=O) groups excluding carboxylic acids is 1. The summed E-state index contributed by atoms with van der Waals surface area (Å²) in [4.78, 5) is 12.1. The molecule has 0 saturated carbocycles. The molecule has 1 aliphatic rings. The van der Waals surface area contributed by atoms with E-state index in [1.807, 2.05) is 6.92 Å². The van der Waals surface area contributed by atoms with Gasteiger partial charge in [-0.3, -0.25) is 4.79 Å². The molecule has 0 bridgehead atoms. The topological polar surface area (TPSA) is 50.4 Å². The number of ether oxygens (including phenoxy) is 1. The molecule has 1 aromatic carbocycles. The second-order valence-electron chi connectivity index (χ2n) is 4.81. The second kappa shape index (κ2) is 7.29. The van der Waals surface area contributed by atoms with Crippen molar-refractivity contribution in [1.82, 2.24) is 5.32 Å². The van der Waals surface area contributed by atoms with E-state index in [9.17, 15) is 4.79 Å². The standard InChI is InChI=1S/C14H18BrClN2O2/c1-2-20-14-11(15)6-10(16)7-12(14)18-13(19)5-9-3-4-17-8-9/h6-7,9,17H,2-5,8H2,1H3,(H,18,19). The van der Waals surface area contributed by atoms with Crippen LogP contribution in [0.4, 0.5) is 5.69 Å². The summed E-state index contributed by atoms with van der Waals surface area (Å²) in [5, 5.41) is 6.71. The Kier molecular flexibility index (Phi) is 5.69. The van der Waals surface area contributed by atoms with Gasteiger partial charge in [-0.15, -0.1) is 0 Å². The number of hydrogen-bond acceptors (Lipinski definition) is 3. The van der Waals surface area contributed by atoms with E-state index in [4.69, 9.17) is 16.3 Å². The summed E-state index contributed by atoms with van der Waals surface area (Å²) >= 11 is 9.44. The van der Waals surface area contributed by atoms with Gasteiger partial charge in [0.25, 0.3) is 0 Å². The first-order valence-corrected chi connectivity index (χ1v) is 7.89. The Morgan fingerprint density at radius 3 is 3.05 bits per heavy atom. The lowest BCUT2D eigenvalue weighted by atomic mass is 10.0. The number of rotatable bonds is 5. The summed E-state index contributed by atoms with van der Waals surface area (Å²) < 4.78 is 6.30. The molecular weight excluding hydrogens is 344 g/mol. The normalized spacial score (nSPS) is 18.1. The summed E-state index contributed by atoms with van der Waals surface area (Å²) in [5.74, 6) is 1.02. The lowest BCUT2D eigenvalue weighted by Gasteiger charge is -2.15. The summed E-state index contributed by atoms with van der Waals surface area (Å²) in [6.07, 6.45) is 1.56. The van der Waals surface area contributed by atoms with Crippen LogP contribution in [-0.2, 0) is 4.79 Å². The van der Waals surface area contributed by atoms with Gasteiger partial charge in [-0.25, -0.2) is 0 Å². The molecule has 6 heteroatoms. The van der Waals surface area contributed by atoms with Crippen molar-refractivity contribution in [3.63, 3.8) is 0 Å². The third-order valence-electron chi connectivity index (χ3n) is 3.21. The predicted octanol–water partition coefficient (Wildman–Crippen LogP) is 3.44. The minimum Gasteiger partial charge on any atom is -0.491 e. The molecule has 1 saturated heterocycles. The molecule has 1 aliphatic heterocycles. The molecule has 110 valence electrons. The molecule has 0 aromatic heterocycles. The second-order valence-corrected chi connectivity index (χ2v) is 6.10. The molecule has 1 aromatic rings. The van der Waals surface area contributed by atoms with Crippen LogP contribution in [-0.4, -0.2) is 25.6 Å². The van der Waals surface area contributed by atoms with Crippen molar-refractivity contribution in [2.45, 2.75) is 19.8 Å². The Hall–Kier alpha value is -0.780. The maximum Gasteiger partial charge on any atom is 0.224 e. The van der Waals surface area contributed by atoms with Gasteiger partial charge in [0.2, 0.25) is 5.91 Å². The van der Waals surface area contributed by atoms with Crippen molar-refractivity contribution < 1.29 is 9.53 Å². The Bertz CT molecular complexity index is 490. The lowest BCUT2D eigenvalue weighted by Crippen LogP contribution is -2.18. The van der Waals surface area contributed by atoms with Crippen LogP contribution in [0.25, 0.3) is 0 Å². The van der Waals surface area contributed by atoms with Crippen molar-refractivity contribution in [3.8, 4) is 5.75 Å². The molecule has 2 rings (SSSR count). The van der Waals surface area contributed by atoms with Crippen molar-refractivity contribution in [3.05, 3.63) is 21.6 Å². The maximum atomic E-state index is 12.1. The highest BCUT2D eigenvalue weighted by Crippen LogP contribution is 2.36. The van der Waals surface area contributed by atoms with E-state index in [0.29, 0.717) is 35.4 Å². The van der Waals surface area contributed by atoms with Crippen molar-refractivity contribution in [2.24, 2.45) is 5.92 Å². The van der Waals surface area contributed by atoms with Crippen molar-refractivity contribution in [2.75, 3.05) is 25.0 Å². The van der Waals surface area contributed by atoms with Crippen LogP contribution in [0.1, 0.15) is 19.8 Å². The highest BCUT2D eigenvalue weighted by molar-refractivity contribution is 9.10. The zero-order valence-electron chi connectivity index (χ0n) is 11.3. The van der Waals surface area contributed by atoms with Gasteiger partial charge in [-0.1, -0.05) is 11.6 Å². The van der Waals surface area contributed by atoms with Crippen LogP contribution in [0, 0.1) is 5.92 Å². The van der Waals surface area contributed by atoms with Crippen LogP contribution in [0.3, 0.4) is 0 Å². The number of hydrogen-bond donors (Lipinski definition) is 2. The average Bonchev–Trinajstić information content (AvgIpc) is 2.86. The maximum absolute atomic E-state index is 12.1. The first-order valence-electron chi connectivity index (χ1n) is 6.72. The summed E-state index contributed by atoms with van der Waals surface area (Å²) in [6, 6.07) is 3.46. The highest BCUT2D eigenvalue weighted by Gasteiger charge is 2.19. The number of anilines is 1. The molecule has 1 atom stereocenters. The number of carbonyl (C=O) groups is 1. The largest absolute Gasteiger partial charge is 0.491 e. The molecule has 4 nitrogen and oxygen atoms in total. The fraction of sp³-hybridized carbons (Fsp3) is 0.500. The molecule has 1 unspecified atom stereocenters. The molecule has 2 N–H and O–H groups in total. The number of halogens is 2. The monoisotopic (exact) mass is 360 g/mol. The highest BCUT2D eigenvalue weighted by atomic mass is 79.9. The fourth-order valence-corrected chi connectivity index (χ4v) is 3.22. The summed E-state index contributed by atoms with van der Waals surface area (Å²) in [5.41, 5.74) is 0.613. The smallest absolute Gasteiger partial charge is 0.224 e. The molecule has 1 amide bonds. The molecule has 1 heterocycles. The Morgan fingerprint density at radius 2 is 2.40 bits per heavy atom. The van der Waals surface area contributed by atoms with Crippen LogP contribution in [0.2, 0.25) is 5.02 Å². The molecule has 0 spiro atoms. The third-order valence-corrected chi connectivity index (χ3v) is 4.01. The van der Waals surface area contributed by atoms with Gasteiger partial charge in [-0.2, -0.15) is 0 Å². The Balaban J connectivity index is 2.08. The van der Waals surface area contributed by atoms with Crippen LogP contribution in [0.15, 0.2) is 16.6 Å². The van der Waals surface area contributed by atoms with E-state index in [0.717, 1.165) is 24.0 Å². The number of amides is 1. The van der Waals surface area contributed by atoms with Gasteiger partial charge in [0.05, 0.1) is 16.8 Å². The predicted molar refractivity (Wildman–Crippen MR) is 84.5 cm³/mol. The lowest BCUT2D eigenvalue weighted by molar-refractivity contribution is -0.117. The minimum absolute atomic E-state index is 0.00572. The van der Waals surface area contributed by atoms with Crippen molar-refractivity contribution >= 4 is 39.1 Å². The SMILES string of the molecule is CCOc1c(Br)cc(Cl)cc1NC(=O)CC1CCNC1. The molecule has 0 radical (unpaired) electrons. The molecular formula is C14H18BrClN2O2. The zero-order valence-corrected chi connectivity index (χ0v) is 13.7. The summed E-state index contributed by atoms with van der Waals surface area (Å²) in [7, 11) is 0. The first kappa shape index (κ1) is 15.6. The zero-order chi connectivity index (χ0) is 14.5. The summed E-state index contributed by atoms with van der Waals surface area (Å²) in [6.45, 7) is 4.32. The van der Waals surface area contributed by atoms with Gasteiger partial charge >= 0.3 is 0 Å².